The lowest BCUT2D eigenvalue weighted by atomic mass is 10.2. The van der Waals surface area contributed by atoms with Crippen molar-refractivity contribution >= 4 is 11.6 Å². The number of para-hydroxylation sites is 2. The fourth-order valence-electron chi connectivity index (χ4n) is 1.91. The van der Waals surface area contributed by atoms with Crippen LogP contribution in [-0.2, 0) is 4.79 Å². The average molecular weight is 304 g/mol. The number of rotatable bonds is 6. The molecule has 1 atom stereocenters. The number of carbonyl (C=O) groups excluding carboxylic acids is 1. The molecule has 0 fully saturated rings. The molecule has 0 aliphatic rings. The van der Waals surface area contributed by atoms with Crippen LogP contribution in [0, 0.1) is 10.1 Å². The number of likely N-dealkylation sites (N-methyl/N-ethyl adjacent to an activating group) is 1. The molecule has 1 amide bonds. The van der Waals surface area contributed by atoms with Gasteiger partial charge >= 0.3 is 5.69 Å². The van der Waals surface area contributed by atoms with Gasteiger partial charge in [-0.05, 0) is 25.1 Å². The number of hydrogen-bond donors (Lipinski definition) is 0. The summed E-state index contributed by atoms with van der Waals surface area (Å²) in [6.07, 6.45) is 1.54. The molecule has 0 aliphatic heterocycles. The minimum atomic E-state index is -0.547. The molecule has 0 bridgehead atoms. The number of amides is 1. The Hall–Kier alpha value is -2.83. The van der Waals surface area contributed by atoms with Gasteiger partial charge in [-0.3, -0.25) is 14.9 Å². The lowest BCUT2D eigenvalue weighted by molar-refractivity contribution is -0.385. The zero-order chi connectivity index (χ0) is 16.1. The first-order valence-electron chi connectivity index (χ1n) is 6.66. The summed E-state index contributed by atoms with van der Waals surface area (Å²) in [5, 5.41) is 10.9. The molecule has 0 spiro atoms. The number of nitrogens with zero attached hydrogens (tertiary/aromatic N) is 2. The first-order valence-corrected chi connectivity index (χ1v) is 6.66. The smallest absolute Gasteiger partial charge is 0.310 e. The highest BCUT2D eigenvalue weighted by Crippen LogP contribution is 2.26. The molecule has 7 heteroatoms. The maximum Gasteiger partial charge on any atom is 0.310 e. The third-order valence-electron chi connectivity index (χ3n) is 3.34. The first-order chi connectivity index (χ1) is 10.5. The van der Waals surface area contributed by atoms with Crippen molar-refractivity contribution in [3.8, 4) is 5.75 Å². The standard InChI is InChI=1S/C15H16N2O5/c1-11(13-8-5-9-21-13)16(2)15(18)10-22-14-7-4-3-6-12(14)17(19)20/h3-9,11H,10H2,1-2H3. The Morgan fingerprint density at radius 3 is 2.73 bits per heavy atom. The van der Waals surface area contributed by atoms with Gasteiger partial charge in [0.25, 0.3) is 5.91 Å². The normalized spacial score (nSPS) is 11.7. The lowest BCUT2D eigenvalue weighted by Crippen LogP contribution is -2.33. The summed E-state index contributed by atoms with van der Waals surface area (Å²) >= 11 is 0. The number of furan rings is 1. The number of hydrogen-bond acceptors (Lipinski definition) is 5. The van der Waals surface area contributed by atoms with E-state index >= 15 is 0 Å². The van der Waals surface area contributed by atoms with Crippen LogP contribution in [0.1, 0.15) is 18.7 Å². The van der Waals surface area contributed by atoms with Crippen LogP contribution in [0.3, 0.4) is 0 Å². The van der Waals surface area contributed by atoms with Crippen LogP contribution in [-0.4, -0.2) is 29.4 Å². The average Bonchev–Trinajstić information content (AvgIpc) is 3.05. The van der Waals surface area contributed by atoms with E-state index in [0.717, 1.165) is 0 Å². The molecule has 1 aromatic heterocycles. The Bertz CT molecular complexity index is 654. The monoisotopic (exact) mass is 304 g/mol. The highest BCUT2D eigenvalue weighted by molar-refractivity contribution is 5.78. The van der Waals surface area contributed by atoms with Crippen LogP contribution in [0.2, 0.25) is 0 Å². The summed E-state index contributed by atoms with van der Waals surface area (Å²) in [7, 11) is 1.62. The Balaban J connectivity index is 2.00. The zero-order valence-corrected chi connectivity index (χ0v) is 12.3. The molecule has 1 unspecified atom stereocenters. The second-order valence-electron chi connectivity index (χ2n) is 4.71. The molecule has 22 heavy (non-hydrogen) atoms. The zero-order valence-electron chi connectivity index (χ0n) is 12.3. The van der Waals surface area contributed by atoms with Crippen molar-refractivity contribution in [2.45, 2.75) is 13.0 Å². The third kappa shape index (κ3) is 3.43. The molecule has 1 heterocycles. The van der Waals surface area contributed by atoms with E-state index in [-0.39, 0.29) is 30.0 Å². The summed E-state index contributed by atoms with van der Waals surface area (Å²) in [6.45, 7) is 1.54. The number of carbonyl (C=O) groups is 1. The summed E-state index contributed by atoms with van der Waals surface area (Å²) < 4.78 is 10.5. The number of ether oxygens (including phenoxy) is 1. The SMILES string of the molecule is CC(c1ccco1)N(C)C(=O)COc1ccccc1[N+](=O)[O-]. The van der Waals surface area contributed by atoms with E-state index < -0.39 is 4.92 Å². The van der Waals surface area contributed by atoms with Gasteiger partial charge in [-0.2, -0.15) is 0 Å². The molecule has 2 aromatic rings. The Labute approximate surface area is 127 Å². The van der Waals surface area contributed by atoms with Crippen molar-refractivity contribution in [3.63, 3.8) is 0 Å². The molecule has 116 valence electrons. The predicted molar refractivity (Wildman–Crippen MR) is 78.5 cm³/mol. The molecule has 7 nitrogen and oxygen atoms in total. The van der Waals surface area contributed by atoms with Crippen molar-refractivity contribution in [1.29, 1.82) is 0 Å². The molecule has 0 radical (unpaired) electrons. The predicted octanol–water partition coefficient (Wildman–Crippen LogP) is 2.79. The number of benzene rings is 1. The molecule has 2 rings (SSSR count). The van der Waals surface area contributed by atoms with E-state index in [0.29, 0.717) is 5.76 Å². The van der Waals surface area contributed by atoms with Gasteiger partial charge in [0.05, 0.1) is 17.2 Å². The topological polar surface area (TPSA) is 85.8 Å². The van der Waals surface area contributed by atoms with Crippen LogP contribution in [0.4, 0.5) is 5.69 Å². The van der Waals surface area contributed by atoms with Crippen molar-refractivity contribution in [2.75, 3.05) is 13.7 Å². The van der Waals surface area contributed by atoms with E-state index in [4.69, 9.17) is 9.15 Å². The van der Waals surface area contributed by atoms with Gasteiger partial charge < -0.3 is 14.1 Å². The summed E-state index contributed by atoms with van der Waals surface area (Å²) in [5.41, 5.74) is -0.169. The second-order valence-corrected chi connectivity index (χ2v) is 4.71. The molecule has 0 aliphatic carbocycles. The summed E-state index contributed by atoms with van der Waals surface area (Å²) in [4.78, 5) is 23.9. The second kappa shape index (κ2) is 6.75. The van der Waals surface area contributed by atoms with Gasteiger partial charge in [-0.1, -0.05) is 12.1 Å². The summed E-state index contributed by atoms with van der Waals surface area (Å²) in [5.74, 6) is 0.420. The Morgan fingerprint density at radius 1 is 1.36 bits per heavy atom. The minimum Gasteiger partial charge on any atom is -0.477 e. The largest absolute Gasteiger partial charge is 0.477 e. The van der Waals surface area contributed by atoms with Crippen LogP contribution in [0.5, 0.6) is 5.75 Å². The van der Waals surface area contributed by atoms with Crippen LogP contribution in [0.25, 0.3) is 0 Å². The number of nitro groups is 1. The minimum absolute atomic E-state index is 0.0694. The van der Waals surface area contributed by atoms with Gasteiger partial charge in [0.15, 0.2) is 12.4 Å². The van der Waals surface area contributed by atoms with Crippen molar-refractivity contribution < 1.29 is 18.9 Å². The first kappa shape index (κ1) is 15.6. The van der Waals surface area contributed by atoms with E-state index in [1.807, 2.05) is 6.92 Å². The van der Waals surface area contributed by atoms with E-state index in [1.165, 1.54) is 29.4 Å². The van der Waals surface area contributed by atoms with Crippen LogP contribution in [0.15, 0.2) is 47.1 Å². The van der Waals surface area contributed by atoms with E-state index in [1.54, 1.807) is 25.2 Å². The van der Waals surface area contributed by atoms with Gasteiger partial charge in [0, 0.05) is 13.1 Å². The maximum atomic E-state index is 12.1. The fraction of sp³-hybridized carbons (Fsp3) is 0.267. The Kier molecular flexibility index (Phi) is 4.77. The van der Waals surface area contributed by atoms with Crippen molar-refractivity contribution in [2.24, 2.45) is 0 Å². The third-order valence-corrected chi connectivity index (χ3v) is 3.34. The summed E-state index contributed by atoms with van der Waals surface area (Å²) in [6, 6.07) is 9.21. The van der Waals surface area contributed by atoms with Crippen molar-refractivity contribution in [1.82, 2.24) is 4.90 Å². The molecule has 0 saturated carbocycles. The van der Waals surface area contributed by atoms with E-state index in [9.17, 15) is 14.9 Å². The highest BCUT2D eigenvalue weighted by atomic mass is 16.6. The van der Waals surface area contributed by atoms with Gasteiger partial charge in [0.1, 0.15) is 5.76 Å². The van der Waals surface area contributed by atoms with Gasteiger partial charge in [-0.15, -0.1) is 0 Å². The van der Waals surface area contributed by atoms with E-state index in [2.05, 4.69) is 0 Å². The van der Waals surface area contributed by atoms with Crippen LogP contribution >= 0.6 is 0 Å². The molecular weight excluding hydrogens is 288 g/mol. The highest BCUT2D eigenvalue weighted by Gasteiger charge is 2.21. The van der Waals surface area contributed by atoms with Crippen LogP contribution < -0.4 is 4.74 Å². The quantitative estimate of drug-likeness (QED) is 0.605. The molecular formula is C15H16N2O5. The lowest BCUT2D eigenvalue weighted by Gasteiger charge is -2.23. The van der Waals surface area contributed by atoms with Gasteiger partial charge in [-0.25, -0.2) is 0 Å². The van der Waals surface area contributed by atoms with Crippen molar-refractivity contribution in [3.05, 3.63) is 58.5 Å². The van der Waals surface area contributed by atoms with Gasteiger partial charge in [0.2, 0.25) is 0 Å². The fourth-order valence-corrected chi connectivity index (χ4v) is 1.91. The molecule has 0 saturated heterocycles. The maximum absolute atomic E-state index is 12.1. The molecule has 1 aromatic carbocycles. The number of nitro benzene ring substituents is 1. The Morgan fingerprint density at radius 2 is 2.09 bits per heavy atom. The molecule has 0 N–H and O–H groups in total.